The highest BCUT2D eigenvalue weighted by Gasteiger charge is 2.36. The fraction of sp³-hybridized carbons (Fsp3) is 1.00. The van der Waals surface area contributed by atoms with Crippen LogP contribution in [0.1, 0.15) is 0 Å². The molecular weight excluding hydrogens is 292 g/mol. The summed E-state index contributed by atoms with van der Waals surface area (Å²) in [6.45, 7) is 22.1. The first-order chi connectivity index (χ1) is 7.62. The molecule has 0 heterocycles. The van der Waals surface area contributed by atoms with Gasteiger partial charge in [-0.15, -0.1) is 0 Å². The molecular formula is C11H32O3Si4. The first kappa shape index (κ1) is 18.7. The van der Waals surface area contributed by atoms with Crippen LogP contribution in [0, 0.1) is 0 Å². The first-order valence-corrected chi connectivity index (χ1v) is 19.4. The molecule has 0 bridgehead atoms. The third-order valence-electron chi connectivity index (χ3n) is 1.90. The Morgan fingerprint density at radius 2 is 1.00 bits per heavy atom. The third kappa shape index (κ3) is 10.7. The molecule has 0 saturated carbocycles. The smallest absolute Gasteiger partial charge is 0.321 e. The second kappa shape index (κ2) is 6.02. The Labute approximate surface area is 118 Å². The van der Waals surface area contributed by atoms with Gasteiger partial charge in [-0.1, -0.05) is 0 Å². The Hall–Kier alpha value is 0.748. The topological polar surface area (TPSA) is 27.7 Å². The van der Waals surface area contributed by atoms with E-state index in [1.165, 1.54) is 0 Å². The zero-order valence-corrected chi connectivity index (χ0v) is 17.9. The lowest BCUT2D eigenvalue weighted by atomic mass is 11.7. The Kier molecular flexibility index (Phi) is 6.27. The molecule has 110 valence electrons. The van der Waals surface area contributed by atoms with Crippen molar-refractivity contribution in [3.63, 3.8) is 0 Å². The molecule has 0 aliphatic heterocycles. The fourth-order valence-electron chi connectivity index (χ4n) is 1.97. The van der Waals surface area contributed by atoms with Gasteiger partial charge in [0.2, 0.25) is 0 Å². The van der Waals surface area contributed by atoms with E-state index in [0.29, 0.717) is 0 Å². The van der Waals surface area contributed by atoms with Gasteiger partial charge in [-0.25, -0.2) is 0 Å². The van der Waals surface area contributed by atoms with Crippen LogP contribution in [-0.4, -0.2) is 39.7 Å². The van der Waals surface area contributed by atoms with Gasteiger partial charge in [-0.2, -0.15) is 0 Å². The number of hydrogen-bond acceptors (Lipinski definition) is 3. The highest BCUT2D eigenvalue weighted by atomic mass is 28.4. The summed E-state index contributed by atoms with van der Waals surface area (Å²) in [5.41, 5.74) is 0. The molecule has 0 rings (SSSR count). The van der Waals surface area contributed by atoms with Crippen LogP contribution in [0.5, 0.6) is 0 Å². The normalized spacial score (nSPS) is 15.0. The van der Waals surface area contributed by atoms with Crippen molar-refractivity contribution in [2.45, 2.75) is 65.5 Å². The minimum atomic E-state index is -1.99. The van der Waals surface area contributed by atoms with Crippen LogP contribution in [0.4, 0.5) is 0 Å². The summed E-state index contributed by atoms with van der Waals surface area (Å²) in [6.07, 6.45) is 0.751. The van der Waals surface area contributed by atoms with Gasteiger partial charge in [0, 0.05) is 0 Å². The quantitative estimate of drug-likeness (QED) is 0.658. The molecule has 3 nitrogen and oxygen atoms in total. The summed E-state index contributed by atoms with van der Waals surface area (Å²) in [7, 11) is -6.69. The third-order valence-corrected chi connectivity index (χ3v) is 12.9. The summed E-state index contributed by atoms with van der Waals surface area (Å²) in [5, 5.41) is 0. The minimum Gasteiger partial charge on any atom is -0.454 e. The van der Waals surface area contributed by atoms with Gasteiger partial charge in [0.25, 0.3) is 0 Å². The van der Waals surface area contributed by atoms with Crippen molar-refractivity contribution < 1.29 is 12.7 Å². The monoisotopic (exact) mass is 324 g/mol. The summed E-state index contributed by atoms with van der Waals surface area (Å²) >= 11 is 0. The molecule has 0 spiro atoms. The van der Waals surface area contributed by atoms with Crippen molar-refractivity contribution in [3.8, 4) is 0 Å². The van der Waals surface area contributed by atoms with Crippen molar-refractivity contribution in [1.29, 1.82) is 0 Å². The van der Waals surface area contributed by atoms with Gasteiger partial charge in [-0.05, 0) is 65.5 Å². The molecule has 0 fully saturated rings. The van der Waals surface area contributed by atoms with Crippen LogP contribution in [-0.2, 0) is 12.7 Å². The van der Waals surface area contributed by atoms with Crippen molar-refractivity contribution in [2.24, 2.45) is 0 Å². The van der Waals surface area contributed by atoms with Gasteiger partial charge in [0.05, 0.1) is 6.23 Å². The summed E-state index contributed by atoms with van der Waals surface area (Å²) in [4.78, 5) is 0. The molecule has 7 heteroatoms. The van der Waals surface area contributed by atoms with Gasteiger partial charge < -0.3 is 12.7 Å². The van der Waals surface area contributed by atoms with Crippen molar-refractivity contribution >= 4 is 33.5 Å². The largest absolute Gasteiger partial charge is 0.454 e. The summed E-state index contributed by atoms with van der Waals surface area (Å²) in [6, 6.07) is 0. The van der Waals surface area contributed by atoms with Crippen molar-refractivity contribution in [3.05, 3.63) is 0 Å². The van der Waals surface area contributed by atoms with E-state index >= 15 is 0 Å². The minimum absolute atomic E-state index is 0.751. The Morgan fingerprint density at radius 3 is 1.33 bits per heavy atom. The molecule has 0 aliphatic carbocycles. The number of rotatable bonds is 7. The van der Waals surface area contributed by atoms with Gasteiger partial charge in [-0.3, -0.25) is 0 Å². The van der Waals surface area contributed by atoms with Gasteiger partial charge >= 0.3 is 8.56 Å². The van der Waals surface area contributed by atoms with E-state index < -0.39 is 33.5 Å². The molecule has 0 N–H and O–H groups in total. The van der Waals surface area contributed by atoms with Gasteiger partial charge in [0.15, 0.2) is 25.0 Å². The van der Waals surface area contributed by atoms with Crippen LogP contribution in [0.2, 0.25) is 65.5 Å². The number of hydrogen-bond donors (Lipinski definition) is 0. The molecule has 0 amide bonds. The standard InChI is InChI=1S/C11H32O3Si4/c1-15(2,3)13-17(7,8)11-12-18(9,10)14-16(4,5)6/h11H2,1-10H3. The lowest BCUT2D eigenvalue weighted by Gasteiger charge is -2.36. The Bertz CT molecular complexity index is 238. The molecule has 0 atom stereocenters. The van der Waals surface area contributed by atoms with Crippen molar-refractivity contribution in [2.75, 3.05) is 6.23 Å². The molecule has 0 unspecified atom stereocenters. The Morgan fingerprint density at radius 1 is 0.611 bits per heavy atom. The maximum atomic E-state index is 6.28. The summed E-state index contributed by atoms with van der Waals surface area (Å²) < 4.78 is 18.6. The van der Waals surface area contributed by atoms with E-state index in [1.54, 1.807) is 0 Å². The van der Waals surface area contributed by atoms with E-state index in [0.717, 1.165) is 6.23 Å². The predicted octanol–water partition coefficient (Wildman–Crippen LogP) is 4.15. The molecule has 0 saturated heterocycles. The summed E-state index contributed by atoms with van der Waals surface area (Å²) in [5.74, 6) is 0. The highest BCUT2D eigenvalue weighted by Crippen LogP contribution is 2.19. The lowest BCUT2D eigenvalue weighted by Crippen LogP contribution is -2.51. The van der Waals surface area contributed by atoms with E-state index in [-0.39, 0.29) is 0 Å². The molecule has 18 heavy (non-hydrogen) atoms. The van der Waals surface area contributed by atoms with Crippen LogP contribution >= 0.6 is 0 Å². The van der Waals surface area contributed by atoms with E-state index in [1.807, 2.05) is 0 Å². The SMILES string of the molecule is C[Si](C)(C)O[Si](C)(C)CO[Si](C)(C)O[Si](C)(C)C. The molecule has 0 aliphatic rings. The van der Waals surface area contributed by atoms with Crippen LogP contribution in [0.25, 0.3) is 0 Å². The van der Waals surface area contributed by atoms with Crippen LogP contribution in [0.3, 0.4) is 0 Å². The van der Waals surface area contributed by atoms with Crippen LogP contribution < -0.4 is 0 Å². The second-order valence-electron chi connectivity index (χ2n) is 7.88. The maximum absolute atomic E-state index is 6.28. The maximum Gasteiger partial charge on any atom is 0.321 e. The second-order valence-corrected chi connectivity index (χ2v) is 24.9. The van der Waals surface area contributed by atoms with E-state index in [4.69, 9.17) is 12.7 Å². The van der Waals surface area contributed by atoms with E-state index in [9.17, 15) is 0 Å². The zero-order valence-electron chi connectivity index (χ0n) is 13.9. The average molecular weight is 325 g/mol. The average Bonchev–Trinajstić information content (AvgIpc) is 1.91. The van der Waals surface area contributed by atoms with Crippen LogP contribution in [0.15, 0.2) is 0 Å². The fourth-order valence-corrected chi connectivity index (χ4v) is 17.8. The molecule has 0 radical (unpaired) electrons. The van der Waals surface area contributed by atoms with E-state index in [2.05, 4.69) is 65.5 Å². The van der Waals surface area contributed by atoms with Crippen molar-refractivity contribution in [1.82, 2.24) is 0 Å². The highest BCUT2D eigenvalue weighted by molar-refractivity contribution is 6.85. The van der Waals surface area contributed by atoms with Gasteiger partial charge in [0.1, 0.15) is 0 Å². The molecule has 0 aromatic heterocycles. The lowest BCUT2D eigenvalue weighted by molar-refractivity contribution is 0.275. The zero-order chi connectivity index (χ0) is 14.8. The predicted molar refractivity (Wildman–Crippen MR) is 89.8 cm³/mol. The first-order valence-electron chi connectivity index (χ1n) is 6.66. The molecule has 0 aromatic carbocycles. The Balaban J connectivity index is 4.38. The molecule has 0 aromatic rings.